The second-order valence-corrected chi connectivity index (χ2v) is 16.6. The van der Waals surface area contributed by atoms with Crippen LogP contribution in [0.2, 0.25) is 0 Å². The summed E-state index contributed by atoms with van der Waals surface area (Å²) >= 11 is 0. The average Bonchev–Trinajstić information content (AvgIpc) is 3.16. The van der Waals surface area contributed by atoms with E-state index in [4.69, 9.17) is 37.9 Å². The van der Waals surface area contributed by atoms with E-state index in [0.717, 1.165) is 44.9 Å². The van der Waals surface area contributed by atoms with E-state index in [1.807, 2.05) is 0 Å². The Morgan fingerprint density at radius 2 is 1.66 bits per heavy atom. The molecule has 4 aliphatic heterocycles. The third-order valence-electron chi connectivity index (χ3n) is 11.3. The van der Waals surface area contributed by atoms with Gasteiger partial charge in [-0.2, -0.15) is 0 Å². The van der Waals surface area contributed by atoms with Crippen LogP contribution < -0.4 is 0 Å². The van der Waals surface area contributed by atoms with Crippen LogP contribution in [0.3, 0.4) is 0 Å². The van der Waals surface area contributed by atoms with Gasteiger partial charge in [-0.3, -0.25) is 9.59 Å². The number of carbonyl (C=O) groups excluding carboxylic acids is 3. The molecule has 14 nitrogen and oxygen atoms in total. The fourth-order valence-electron chi connectivity index (χ4n) is 8.20. The van der Waals surface area contributed by atoms with Crippen molar-refractivity contribution >= 4 is 17.9 Å². The van der Waals surface area contributed by atoms with Crippen LogP contribution in [-0.4, -0.2) is 114 Å². The number of methoxy groups -OCH3 is 1. The molecule has 58 heavy (non-hydrogen) atoms. The molecule has 3 saturated heterocycles. The lowest BCUT2D eigenvalue weighted by atomic mass is 9.74. The molecule has 0 aromatic heterocycles. The Labute approximate surface area is 343 Å². The fourth-order valence-corrected chi connectivity index (χ4v) is 8.20. The first-order valence-corrected chi connectivity index (χ1v) is 21.1. The summed E-state index contributed by atoms with van der Waals surface area (Å²) in [5.74, 6) is -3.75. The molecule has 3 unspecified atom stereocenters. The Balaban J connectivity index is 1.74. The zero-order valence-corrected chi connectivity index (χ0v) is 35.0. The van der Waals surface area contributed by atoms with E-state index in [9.17, 15) is 29.7 Å². The van der Waals surface area contributed by atoms with Gasteiger partial charge in [-0.1, -0.05) is 71.8 Å². The molecule has 0 aromatic rings. The van der Waals surface area contributed by atoms with Gasteiger partial charge in [0.05, 0.1) is 62.5 Å². The third kappa shape index (κ3) is 14.3. The van der Waals surface area contributed by atoms with Gasteiger partial charge in [0.1, 0.15) is 12.7 Å². The van der Waals surface area contributed by atoms with Crippen molar-refractivity contribution in [1.82, 2.24) is 0 Å². The second-order valence-electron chi connectivity index (χ2n) is 16.6. The Morgan fingerprint density at radius 1 is 0.931 bits per heavy atom. The van der Waals surface area contributed by atoms with E-state index < -0.39 is 72.5 Å². The molecule has 3 N–H and O–H groups in total. The van der Waals surface area contributed by atoms with Crippen LogP contribution >= 0.6 is 0 Å². The number of esters is 3. The van der Waals surface area contributed by atoms with Crippen molar-refractivity contribution in [2.24, 2.45) is 5.41 Å². The summed E-state index contributed by atoms with van der Waals surface area (Å²) in [5, 5.41) is 34.4. The summed E-state index contributed by atoms with van der Waals surface area (Å²) in [7, 11) is 1.23. The Morgan fingerprint density at radius 3 is 2.36 bits per heavy atom. The molecule has 0 spiro atoms. The van der Waals surface area contributed by atoms with Gasteiger partial charge in [0.25, 0.3) is 0 Å². The number of aliphatic hydroxyl groups is 3. The Bertz CT molecular complexity index is 1420. The minimum absolute atomic E-state index is 0.0212. The molecule has 4 heterocycles. The molecule has 10 atom stereocenters. The van der Waals surface area contributed by atoms with E-state index in [2.05, 4.69) is 20.1 Å². The van der Waals surface area contributed by atoms with Crippen molar-refractivity contribution in [2.75, 3.05) is 20.3 Å². The van der Waals surface area contributed by atoms with Gasteiger partial charge in [0.2, 0.25) is 5.79 Å². The van der Waals surface area contributed by atoms with Gasteiger partial charge in [-0.15, -0.1) is 0 Å². The van der Waals surface area contributed by atoms with Crippen molar-refractivity contribution < 1.29 is 67.6 Å². The molecule has 0 aromatic carbocycles. The van der Waals surface area contributed by atoms with Gasteiger partial charge in [0.15, 0.2) is 12.4 Å². The van der Waals surface area contributed by atoms with Crippen LogP contribution in [0.4, 0.5) is 0 Å². The van der Waals surface area contributed by atoms with E-state index in [-0.39, 0.29) is 68.4 Å². The molecule has 0 radical (unpaired) electrons. The second kappa shape index (κ2) is 23.0. The van der Waals surface area contributed by atoms with E-state index in [1.165, 1.54) is 19.3 Å². The van der Waals surface area contributed by atoms with E-state index in [1.54, 1.807) is 26.0 Å². The third-order valence-corrected chi connectivity index (χ3v) is 11.3. The molecule has 14 heteroatoms. The number of unbranched alkanes of at least 4 members (excludes halogenated alkanes) is 4. The summed E-state index contributed by atoms with van der Waals surface area (Å²) in [6.07, 6.45) is 8.28. The number of hydrogen-bond acceptors (Lipinski definition) is 14. The first-order valence-electron chi connectivity index (χ1n) is 21.1. The standard InChI is InChI=1S/C44H68O14/c1-7-9-10-11-12-16-38(47)57-42-30(22-39(48)51-6)21-36-26-37(28-45)53-29(3)20-31(46)23-32-14-13-15-33(54-32)24-34-25-35(27-40(49)52-19-8-2)56-41(55-34)17-18-43(4,5)44(42,50)58-36/h8,17-18,22,31-37,41-42,45-46,50H,2-3,7,9-16,19-21,23-28H2,1,4-6H3/b18-17+,30-22+/t31-,32-,33?,34?,35+,36-,37?,41+,42-,44+/m0/s1. The number of hydrogen-bond donors (Lipinski definition) is 3. The maximum Gasteiger partial charge on any atom is 0.330 e. The largest absolute Gasteiger partial charge is 0.493 e. The Kier molecular flexibility index (Phi) is 18.9. The van der Waals surface area contributed by atoms with Crippen molar-refractivity contribution in [2.45, 2.75) is 184 Å². The van der Waals surface area contributed by atoms with Crippen molar-refractivity contribution in [3.05, 3.63) is 48.8 Å². The summed E-state index contributed by atoms with van der Waals surface area (Å²) in [4.78, 5) is 39.0. The van der Waals surface area contributed by atoms with Crippen molar-refractivity contribution in [3.8, 4) is 0 Å². The molecular weight excluding hydrogens is 752 g/mol. The maximum atomic E-state index is 13.4. The first kappa shape index (κ1) is 47.6. The molecule has 0 aliphatic carbocycles. The zero-order chi connectivity index (χ0) is 42.3. The van der Waals surface area contributed by atoms with Crippen LogP contribution in [-0.2, 0) is 52.3 Å². The van der Waals surface area contributed by atoms with Crippen LogP contribution in [0.1, 0.15) is 124 Å². The number of rotatable bonds is 13. The van der Waals surface area contributed by atoms with Crippen LogP contribution in [0.25, 0.3) is 0 Å². The normalized spacial score (nSPS) is 34.5. The summed E-state index contributed by atoms with van der Waals surface area (Å²) in [5.41, 5.74) is -1.11. The van der Waals surface area contributed by atoms with Crippen molar-refractivity contribution in [3.63, 3.8) is 0 Å². The molecule has 6 bridgehead atoms. The predicted molar refractivity (Wildman–Crippen MR) is 213 cm³/mol. The van der Waals surface area contributed by atoms with Crippen LogP contribution in [0, 0.1) is 5.41 Å². The lowest BCUT2D eigenvalue weighted by Crippen LogP contribution is -2.62. The van der Waals surface area contributed by atoms with Gasteiger partial charge in [0, 0.05) is 43.6 Å². The minimum Gasteiger partial charge on any atom is -0.493 e. The number of ether oxygens (including phenoxy) is 8. The van der Waals surface area contributed by atoms with E-state index >= 15 is 0 Å². The van der Waals surface area contributed by atoms with Gasteiger partial charge >= 0.3 is 17.9 Å². The van der Waals surface area contributed by atoms with Crippen LogP contribution in [0.15, 0.2) is 48.8 Å². The quantitative estimate of drug-likeness (QED) is 0.0666. The van der Waals surface area contributed by atoms with E-state index in [0.29, 0.717) is 25.7 Å². The van der Waals surface area contributed by atoms with Gasteiger partial charge in [-0.05, 0) is 50.2 Å². The predicted octanol–water partition coefficient (Wildman–Crippen LogP) is 5.80. The zero-order valence-electron chi connectivity index (χ0n) is 35.0. The SMILES string of the molecule is C=CCOC(=O)C[C@H]1CC2CC3CCC[C@@H](C[C@@H](O)CC(=C)OC(CO)C[C@@H]4C/C(=C\C(=O)OC)[C@H](OC(=O)CCCCCCC)[C@@](O)(O4)C(C)(C)/C=C/[C@H](O2)O1)O3. The molecule has 0 saturated carbocycles. The Hall–Kier alpha value is -3.11. The number of carbonyl (C=O) groups is 3. The molecule has 4 rings (SSSR count). The van der Waals surface area contributed by atoms with Crippen LogP contribution in [0.5, 0.6) is 0 Å². The lowest BCUT2D eigenvalue weighted by Gasteiger charge is -2.51. The molecule has 328 valence electrons. The maximum absolute atomic E-state index is 13.4. The fraction of sp³-hybridized carbons (Fsp3) is 0.750. The number of aliphatic hydroxyl groups excluding tert-OH is 2. The highest BCUT2D eigenvalue weighted by Crippen LogP contribution is 2.47. The highest BCUT2D eigenvalue weighted by atomic mass is 16.7. The van der Waals surface area contributed by atoms with Gasteiger partial charge in [-0.25, -0.2) is 4.79 Å². The summed E-state index contributed by atoms with van der Waals surface area (Å²) in [6.45, 7) is 12.8. The molecule has 3 fully saturated rings. The first-order chi connectivity index (χ1) is 27.7. The summed E-state index contributed by atoms with van der Waals surface area (Å²) in [6, 6.07) is 0. The van der Waals surface area contributed by atoms with Gasteiger partial charge < -0.3 is 53.2 Å². The minimum atomic E-state index is -2.29. The van der Waals surface area contributed by atoms with Crippen molar-refractivity contribution in [1.29, 1.82) is 0 Å². The topological polar surface area (TPSA) is 186 Å². The highest BCUT2D eigenvalue weighted by Gasteiger charge is 2.57. The average molecular weight is 821 g/mol. The molecule has 4 aliphatic rings. The molecular formula is C44H68O14. The smallest absolute Gasteiger partial charge is 0.330 e. The molecule has 0 amide bonds. The summed E-state index contributed by atoms with van der Waals surface area (Å²) < 4.78 is 48.1. The highest BCUT2D eigenvalue weighted by molar-refractivity contribution is 5.83. The lowest BCUT2D eigenvalue weighted by molar-refractivity contribution is -0.327. The monoisotopic (exact) mass is 820 g/mol. The number of fused-ring (bicyclic) bond motifs is 6.